The molecule has 0 aromatic rings. The average Bonchev–Trinajstić information content (AvgIpc) is 2.76. The number of nitrogens with zero attached hydrogens (tertiary/aromatic N) is 1. The van der Waals surface area contributed by atoms with Gasteiger partial charge in [-0.25, -0.2) is 0 Å². The molecule has 2 rings (SSSR count). The van der Waals surface area contributed by atoms with Crippen LogP contribution in [0.25, 0.3) is 0 Å². The zero-order valence-corrected chi connectivity index (χ0v) is 7.97. The van der Waals surface area contributed by atoms with E-state index in [1.165, 1.54) is 19.3 Å². The molecule has 2 heteroatoms. The molecule has 1 spiro atoms. The summed E-state index contributed by atoms with van der Waals surface area (Å²) in [7, 11) is 2.07. The third kappa shape index (κ3) is 1.28. The van der Waals surface area contributed by atoms with Crippen molar-refractivity contribution < 1.29 is 4.79 Å². The fourth-order valence-corrected chi connectivity index (χ4v) is 2.32. The van der Waals surface area contributed by atoms with E-state index in [4.69, 9.17) is 0 Å². The molecule has 1 aliphatic heterocycles. The summed E-state index contributed by atoms with van der Waals surface area (Å²) in [5.74, 6) is 0.350. The third-order valence-electron chi connectivity index (χ3n) is 3.58. The number of likely N-dealkylation sites (tertiary alicyclic amines) is 1. The summed E-state index contributed by atoms with van der Waals surface area (Å²) in [6.07, 6.45) is 5.17. The molecule has 1 atom stereocenters. The largest absolute Gasteiger partial charge is 0.298 e. The molecule has 0 amide bonds. The van der Waals surface area contributed by atoms with Crippen LogP contribution in [0.2, 0.25) is 0 Å². The highest BCUT2D eigenvalue weighted by molar-refractivity contribution is 5.81. The number of ketones is 1. The molecule has 0 N–H and O–H groups in total. The van der Waals surface area contributed by atoms with Crippen molar-refractivity contribution >= 4 is 5.78 Å². The van der Waals surface area contributed by atoms with E-state index < -0.39 is 0 Å². The van der Waals surface area contributed by atoms with Gasteiger partial charge in [0.25, 0.3) is 0 Å². The van der Waals surface area contributed by atoms with Crippen LogP contribution in [0.1, 0.15) is 32.6 Å². The molecule has 2 fully saturated rings. The lowest BCUT2D eigenvalue weighted by Gasteiger charge is -2.35. The minimum atomic E-state index is 0.223. The van der Waals surface area contributed by atoms with E-state index in [0.717, 1.165) is 13.0 Å². The van der Waals surface area contributed by atoms with E-state index in [1.54, 1.807) is 6.92 Å². The smallest absolute Gasteiger partial charge is 0.146 e. The van der Waals surface area contributed by atoms with Crippen molar-refractivity contribution in [3.63, 3.8) is 0 Å². The highest BCUT2D eigenvalue weighted by Crippen LogP contribution is 2.54. The number of likely N-dealkylation sites (N-methyl/N-ethyl adjacent to an activating group) is 1. The Kier molecular flexibility index (Phi) is 1.76. The number of rotatable bonds is 1. The SMILES string of the molecule is CC(=O)[C@@H]1CC2(CCN1C)CC2. The normalized spacial score (nSPS) is 33.7. The van der Waals surface area contributed by atoms with Gasteiger partial charge in [0.05, 0.1) is 6.04 Å². The van der Waals surface area contributed by atoms with Gasteiger partial charge < -0.3 is 0 Å². The first kappa shape index (κ1) is 8.24. The quantitative estimate of drug-likeness (QED) is 0.589. The molecule has 2 aliphatic rings. The zero-order valence-electron chi connectivity index (χ0n) is 7.97. The molecule has 1 saturated carbocycles. The van der Waals surface area contributed by atoms with Crippen LogP contribution in [0.3, 0.4) is 0 Å². The molecule has 12 heavy (non-hydrogen) atoms. The van der Waals surface area contributed by atoms with Crippen LogP contribution in [0.5, 0.6) is 0 Å². The van der Waals surface area contributed by atoms with Gasteiger partial charge in [0, 0.05) is 0 Å². The van der Waals surface area contributed by atoms with Crippen molar-refractivity contribution in [3.8, 4) is 0 Å². The predicted octanol–water partition coefficient (Wildman–Crippen LogP) is 1.45. The second-order valence-corrected chi connectivity index (χ2v) is 4.56. The van der Waals surface area contributed by atoms with E-state index in [1.807, 2.05) is 0 Å². The van der Waals surface area contributed by atoms with Crippen LogP contribution >= 0.6 is 0 Å². The second-order valence-electron chi connectivity index (χ2n) is 4.56. The minimum Gasteiger partial charge on any atom is -0.298 e. The van der Waals surface area contributed by atoms with Crippen molar-refractivity contribution in [2.45, 2.75) is 38.6 Å². The van der Waals surface area contributed by atoms with Crippen molar-refractivity contribution in [1.82, 2.24) is 4.90 Å². The summed E-state index contributed by atoms with van der Waals surface area (Å²) < 4.78 is 0. The van der Waals surface area contributed by atoms with Crippen LogP contribution in [0, 0.1) is 5.41 Å². The fraction of sp³-hybridized carbons (Fsp3) is 0.900. The maximum absolute atomic E-state index is 11.3. The Balaban J connectivity index is 2.05. The molecule has 1 heterocycles. The summed E-state index contributed by atoms with van der Waals surface area (Å²) in [5, 5.41) is 0. The standard InChI is InChI=1S/C10H17NO/c1-8(12)9-7-10(3-4-10)5-6-11(9)2/h9H,3-7H2,1-2H3/t9-/m0/s1. The van der Waals surface area contributed by atoms with Crippen molar-refractivity contribution in [1.29, 1.82) is 0 Å². The van der Waals surface area contributed by atoms with E-state index >= 15 is 0 Å². The molecule has 68 valence electrons. The molecular formula is C10H17NO. The van der Waals surface area contributed by atoms with Gasteiger partial charge in [-0.1, -0.05) is 0 Å². The van der Waals surface area contributed by atoms with Crippen LogP contribution in [0.4, 0.5) is 0 Å². The van der Waals surface area contributed by atoms with Gasteiger partial charge in [-0.3, -0.25) is 9.69 Å². The van der Waals surface area contributed by atoms with Gasteiger partial charge in [-0.15, -0.1) is 0 Å². The number of piperidine rings is 1. The van der Waals surface area contributed by atoms with Gasteiger partial charge in [0.2, 0.25) is 0 Å². The molecule has 2 nitrogen and oxygen atoms in total. The first-order chi connectivity index (χ1) is 5.63. The Morgan fingerprint density at radius 1 is 1.42 bits per heavy atom. The molecule has 1 saturated heterocycles. The number of carbonyl (C=O) groups is 1. The number of hydrogen-bond donors (Lipinski definition) is 0. The van der Waals surface area contributed by atoms with Gasteiger partial charge in [-0.05, 0) is 51.6 Å². The number of hydrogen-bond acceptors (Lipinski definition) is 2. The minimum absolute atomic E-state index is 0.223. The molecule has 1 aliphatic carbocycles. The van der Waals surface area contributed by atoms with Gasteiger partial charge in [-0.2, -0.15) is 0 Å². The maximum Gasteiger partial charge on any atom is 0.146 e. The topological polar surface area (TPSA) is 20.3 Å². The Hall–Kier alpha value is -0.370. The summed E-state index contributed by atoms with van der Waals surface area (Å²) in [5.41, 5.74) is 0.600. The number of carbonyl (C=O) groups excluding carboxylic acids is 1. The van der Waals surface area contributed by atoms with Crippen LogP contribution < -0.4 is 0 Å². The van der Waals surface area contributed by atoms with Gasteiger partial charge in [0.1, 0.15) is 5.78 Å². The highest BCUT2D eigenvalue weighted by atomic mass is 16.1. The van der Waals surface area contributed by atoms with Crippen molar-refractivity contribution in [2.24, 2.45) is 5.41 Å². The zero-order chi connectivity index (χ0) is 8.77. The van der Waals surface area contributed by atoms with E-state index in [-0.39, 0.29) is 6.04 Å². The Morgan fingerprint density at radius 2 is 2.08 bits per heavy atom. The summed E-state index contributed by atoms with van der Waals surface area (Å²) in [4.78, 5) is 13.5. The summed E-state index contributed by atoms with van der Waals surface area (Å²) >= 11 is 0. The molecular weight excluding hydrogens is 150 g/mol. The van der Waals surface area contributed by atoms with Crippen molar-refractivity contribution in [3.05, 3.63) is 0 Å². The predicted molar refractivity (Wildman–Crippen MR) is 48.0 cm³/mol. The Morgan fingerprint density at radius 3 is 2.58 bits per heavy atom. The number of Topliss-reactive ketones (excluding diaryl/α,β-unsaturated/α-hetero) is 1. The molecule has 0 aromatic carbocycles. The Labute approximate surface area is 73.9 Å². The van der Waals surface area contributed by atoms with Crippen LogP contribution in [0.15, 0.2) is 0 Å². The summed E-state index contributed by atoms with van der Waals surface area (Å²) in [6, 6.07) is 0.223. The molecule has 0 aromatic heterocycles. The lowest BCUT2D eigenvalue weighted by molar-refractivity contribution is -0.123. The second kappa shape index (κ2) is 2.56. The average molecular weight is 167 g/mol. The molecule has 0 unspecified atom stereocenters. The molecule has 0 bridgehead atoms. The first-order valence-corrected chi connectivity index (χ1v) is 4.84. The maximum atomic E-state index is 11.3. The lowest BCUT2D eigenvalue weighted by Crippen LogP contribution is -2.44. The van der Waals surface area contributed by atoms with E-state index in [0.29, 0.717) is 11.2 Å². The Bertz CT molecular complexity index is 208. The van der Waals surface area contributed by atoms with Crippen LogP contribution in [-0.4, -0.2) is 30.3 Å². The highest BCUT2D eigenvalue weighted by Gasteiger charge is 2.48. The molecule has 0 radical (unpaired) electrons. The van der Waals surface area contributed by atoms with E-state index in [9.17, 15) is 4.79 Å². The fourth-order valence-electron chi connectivity index (χ4n) is 2.32. The monoisotopic (exact) mass is 167 g/mol. The van der Waals surface area contributed by atoms with Gasteiger partial charge >= 0.3 is 0 Å². The summed E-state index contributed by atoms with van der Waals surface area (Å²) in [6.45, 7) is 2.84. The third-order valence-corrected chi connectivity index (χ3v) is 3.58. The van der Waals surface area contributed by atoms with Crippen molar-refractivity contribution in [2.75, 3.05) is 13.6 Å². The first-order valence-electron chi connectivity index (χ1n) is 4.84. The van der Waals surface area contributed by atoms with E-state index in [2.05, 4.69) is 11.9 Å². The van der Waals surface area contributed by atoms with Gasteiger partial charge in [0.15, 0.2) is 0 Å². The van der Waals surface area contributed by atoms with Crippen LogP contribution in [-0.2, 0) is 4.79 Å². The lowest BCUT2D eigenvalue weighted by atomic mass is 9.87.